The fourth-order valence-electron chi connectivity index (χ4n) is 0.882. The molecule has 0 aliphatic carbocycles. The molecule has 0 bridgehead atoms. The molecule has 1 aromatic rings. The maximum absolute atomic E-state index is 9.85. The number of hydrazone groups is 1. The molecule has 0 spiro atoms. The highest BCUT2D eigenvalue weighted by molar-refractivity contribution is 5.82. The van der Waals surface area contributed by atoms with Gasteiger partial charge in [0.15, 0.2) is 0 Å². The molecular weight excluding hydrogens is 156 g/mol. The maximum Gasteiger partial charge on any atom is 0.227 e. The summed E-state index contributed by atoms with van der Waals surface area (Å²) in [6.45, 7) is 3.76. The number of aryl methyl sites for hydroxylation is 2. The Balaban J connectivity index is 2.80. The molecule has 0 aliphatic rings. The summed E-state index contributed by atoms with van der Waals surface area (Å²) in [6, 6.07) is 0. The zero-order valence-corrected chi connectivity index (χ0v) is 6.96. The minimum absolute atomic E-state index is 0.515. The summed E-state index contributed by atoms with van der Waals surface area (Å²) in [5.41, 5.74) is 4.89. The van der Waals surface area contributed by atoms with E-state index in [1.54, 1.807) is 6.21 Å². The van der Waals surface area contributed by atoms with Crippen LogP contribution in [-0.4, -0.2) is 22.8 Å². The Morgan fingerprint density at radius 3 is 2.83 bits per heavy atom. The van der Waals surface area contributed by atoms with Crippen LogP contribution in [0.1, 0.15) is 17.0 Å². The third kappa shape index (κ3) is 1.69. The number of carbonyl (C=O) groups excluding carboxylic acids is 1. The summed E-state index contributed by atoms with van der Waals surface area (Å²) in [5.74, 6) is 0. The lowest BCUT2D eigenvalue weighted by atomic mass is 10.2. The standard InChI is InChI=1S/C7H10N4O/c1-5-7(3-8-9-4-12)6(2)11-10-5/h3-4H,1-2H3,(H,9,12)(H,10,11)/b8-3+. The molecule has 0 unspecified atom stereocenters. The molecule has 0 fully saturated rings. The number of nitrogens with zero attached hydrogens (tertiary/aromatic N) is 2. The van der Waals surface area contributed by atoms with Crippen LogP contribution >= 0.6 is 0 Å². The van der Waals surface area contributed by atoms with Gasteiger partial charge in [0, 0.05) is 11.3 Å². The van der Waals surface area contributed by atoms with E-state index in [9.17, 15) is 4.79 Å². The van der Waals surface area contributed by atoms with Gasteiger partial charge in [0.1, 0.15) is 0 Å². The number of rotatable bonds is 3. The van der Waals surface area contributed by atoms with E-state index in [1.165, 1.54) is 0 Å². The van der Waals surface area contributed by atoms with E-state index in [4.69, 9.17) is 0 Å². The Morgan fingerprint density at radius 1 is 1.58 bits per heavy atom. The average Bonchev–Trinajstić information content (AvgIpc) is 2.35. The second kappa shape index (κ2) is 3.66. The SMILES string of the molecule is Cc1n[nH]c(C)c1/C=N/NC=O. The largest absolute Gasteiger partial charge is 0.282 e. The summed E-state index contributed by atoms with van der Waals surface area (Å²) in [5, 5.41) is 10.4. The van der Waals surface area contributed by atoms with Crippen LogP contribution in [0.25, 0.3) is 0 Å². The van der Waals surface area contributed by atoms with Crippen molar-refractivity contribution in [2.45, 2.75) is 13.8 Å². The van der Waals surface area contributed by atoms with Crippen molar-refractivity contribution in [1.29, 1.82) is 0 Å². The summed E-state index contributed by atoms with van der Waals surface area (Å²) in [6.07, 6.45) is 2.07. The van der Waals surface area contributed by atoms with Crippen LogP contribution in [-0.2, 0) is 4.79 Å². The van der Waals surface area contributed by atoms with Gasteiger partial charge in [-0.25, -0.2) is 5.43 Å². The fraction of sp³-hybridized carbons (Fsp3) is 0.286. The summed E-state index contributed by atoms with van der Waals surface area (Å²) < 4.78 is 0. The molecule has 0 saturated heterocycles. The third-order valence-corrected chi connectivity index (χ3v) is 1.51. The summed E-state index contributed by atoms with van der Waals surface area (Å²) in [4.78, 5) is 9.85. The Bertz CT molecular complexity index is 283. The minimum Gasteiger partial charge on any atom is -0.282 e. The van der Waals surface area contributed by atoms with Crippen molar-refractivity contribution in [2.75, 3.05) is 0 Å². The van der Waals surface area contributed by atoms with Crippen molar-refractivity contribution >= 4 is 12.6 Å². The zero-order chi connectivity index (χ0) is 8.97. The van der Waals surface area contributed by atoms with Gasteiger partial charge in [0.2, 0.25) is 6.41 Å². The molecule has 0 aliphatic heterocycles. The van der Waals surface area contributed by atoms with Gasteiger partial charge in [0.05, 0.1) is 11.9 Å². The molecule has 12 heavy (non-hydrogen) atoms. The summed E-state index contributed by atoms with van der Waals surface area (Å²) in [7, 11) is 0. The van der Waals surface area contributed by atoms with Crippen LogP contribution in [0.3, 0.4) is 0 Å². The zero-order valence-electron chi connectivity index (χ0n) is 6.96. The highest BCUT2D eigenvalue weighted by Gasteiger charge is 2.01. The Kier molecular flexibility index (Phi) is 2.57. The average molecular weight is 166 g/mol. The number of aromatic nitrogens is 2. The first-order valence-electron chi connectivity index (χ1n) is 3.49. The lowest BCUT2D eigenvalue weighted by Crippen LogP contribution is -2.01. The monoisotopic (exact) mass is 166 g/mol. The van der Waals surface area contributed by atoms with Crippen molar-refractivity contribution in [3.63, 3.8) is 0 Å². The number of hydrogen-bond donors (Lipinski definition) is 2. The van der Waals surface area contributed by atoms with E-state index >= 15 is 0 Å². The summed E-state index contributed by atoms with van der Waals surface area (Å²) >= 11 is 0. The van der Waals surface area contributed by atoms with Crippen LogP contribution in [0.15, 0.2) is 5.10 Å². The van der Waals surface area contributed by atoms with Gasteiger partial charge in [-0.05, 0) is 13.8 Å². The molecule has 0 atom stereocenters. The van der Waals surface area contributed by atoms with Crippen molar-refractivity contribution in [3.05, 3.63) is 17.0 Å². The molecule has 0 saturated carbocycles. The molecule has 1 aromatic heterocycles. The van der Waals surface area contributed by atoms with E-state index in [0.29, 0.717) is 6.41 Å². The van der Waals surface area contributed by atoms with Gasteiger partial charge in [-0.2, -0.15) is 10.2 Å². The van der Waals surface area contributed by atoms with Gasteiger partial charge < -0.3 is 0 Å². The molecule has 2 N–H and O–H groups in total. The highest BCUT2D eigenvalue weighted by atomic mass is 16.1. The van der Waals surface area contributed by atoms with Gasteiger partial charge in [-0.1, -0.05) is 0 Å². The van der Waals surface area contributed by atoms with Crippen molar-refractivity contribution in [2.24, 2.45) is 5.10 Å². The van der Waals surface area contributed by atoms with Gasteiger partial charge in [-0.15, -0.1) is 0 Å². The van der Waals surface area contributed by atoms with E-state index in [-0.39, 0.29) is 0 Å². The second-order valence-corrected chi connectivity index (χ2v) is 2.35. The van der Waals surface area contributed by atoms with Crippen molar-refractivity contribution < 1.29 is 4.79 Å². The van der Waals surface area contributed by atoms with Crippen LogP contribution in [0, 0.1) is 13.8 Å². The molecule has 64 valence electrons. The van der Waals surface area contributed by atoms with Gasteiger partial charge in [0.25, 0.3) is 0 Å². The molecule has 1 rings (SSSR count). The smallest absolute Gasteiger partial charge is 0.227 e. The molecule has 1 heterocycles. The number of amides is 1. The van der Waals surface area contributed by atoms with E-state index in [0.717, 1.165) is 17.0 Å². The van der Waals surface area contributed by atoms with Crippen LogP contribution in [0.5, 0.6) is 0 Å². The number of H-pyrrole nitrogens is 1. The maximum atomic E-state index is 9.85. The quantitative estimate of drug-likeness (QED) is 0.380. The Morgan fingerprint density at radius 2 is 2.33 bits per heavy atom. The number of hydrogen-bond acceptors (Lipinski definition) is 3. The fourth-order valence-corrected chi connectivity index (χ4v) is 0.882. The topological polar surface area (TPSA) is 70.1 Å². The molecule has 5 heteroatoms. The third-order valence-electron chi connectivity index (χ3n) is 1.51. The van der Waals surface area contributed by atoms with Gasteiger partial charge in [-0.3, -0.25) is 9.89 Å². The predicted molar refractivity (Wildman–Crippen MR) is 44.9 cm³/mol. The molecule has 5 nitrogen and oxygen atoms in total. The first kappa shape index (κ1) is 8.45. The molecule has 0 aromatic carbocycles. The Hall–Kier alpha value is -1.65. The first-order valence-corrected chi connectivity index (χ1v) is 3.49. The van der Waals surface area contributed by atoms with Crippen LogP contribution < -0.4 is 5.43 Å². The van der Waals surface area contributed by atoms with E-state index < -0.39 is 0 Å². The Labute approximate surface area is 69.9 Å². The molecule has 1 amide bonds. The predicted octanol–water partition coefficient (Wildman–Crippen LogP) is 0.106. The number of carbonyl (C=O) groups is 1. The lowest BCUT2D eigenvalue weighted by Gasteiger charge is -1.89. The lowest BCUT2D eigenvalue weighted by molar-refractivity contribution is -0.109. The molecule has 0 radical (unpaired) electrons. The second-order valence-electron chi connectivity index (χ2n) is 2.35. The molecular formula is C7H10N4O. The normalized spacial score (nSPS) is 10.5. The van der Waals surface area contributed by atoms with Crippen molar-refractivity contribution in [1.82, 2.24) is 15.6 Å². The minimum atomic E-state index is 0.515. The number of nitrogens with one attached hydrogen (secondary N) is 2. The van der Waals surface area contributed by atoms with E-state index in [2.05, 4.69) is 20.7 Å². The first-order chi connectivity index (χ1) is 5.75. The van der Waals surface area contributed by atoms with Gasteiger partial charge >= 0.3 is 0 Å². The number of aromatic amines is 1. The highest BCUT2D eigenvalue weighted by Crippen LogP contribution is 2.04. The van der Waals surface area contributed by atoms with Crippen molar-refractivity contribution in [3.8, 4) is 0 Å². The van der Waals surface area contributed by atoms with E-state index in [1.807, 2.05) is 13.8 Å². The van der Waals surface area contributed by atoms with Crippen LogP contribution in [0.4, 0.5) is 0 Å². The van der Waals surface area contributed by atoms with Crippen LogP contribution in [0.2, 0.25) is 0 Å².